The predicted molar refractivity (Wildman–Crippen MR) is 87.1 cm³/mol. The maximum absolute atomic E-state index is 12.1. The van der Waals surface area contributed by atoms with Crippen LogP contribution in [-0.2, 0) is 16.8 Å². The Balaban J connectivity index is 1.73. The predicted octanol–water partition coefficient (Wildman–Crippen LogP) is 3.00. The molecule has 0 saturated carbocycles. The van der Waals surface area contributed by atoms with E-state index in [1.165, 1.54) is 23.9 Å². The van der Waals surface area contributed by atoms with Crippen LogP contribution >= 0.6 is 22.7 Å². The molecule has 0 aliphatic heterocycles. The van der Waals surface area contributed by atoms with Crippen molar-refractivity contribution >= 4 is 28.6 Å². The first-order valence-electron chi connectivity index (χ1n) is 6.75. The highest BCUT2D eigenvalue weighted by atomic mass is 32.1. The Hall–Kier alpha value is -1.89. The van der Waals surface area contributed by atoms with E-state index in [1.807, 2.05) is 34.3 Å². The van der Waals surface area contributed by atoms with Crippen LogP contribution in [0.15, 0.2) is 57.3 Å². The second-order valence-corrected chi connectivity index (χ2v) is 6.66. The van der Waals surface area contributed by atoms with Gasteiger partial charge < -0.3 is 14.8 Å². The van der Waals surface area contributed by atoms with Crippen LogP contribution in [0.2, 0.25) is 0 Å². The molecule has 2 N–H and O–H groups in total. The summed E-state index contributed by atoms with van der Waals surface area (Å²) >= 11 is 3.00. The lowest BCUT2D eigenvalue weighted by Crippen LogP contribution is -2.41. The second-order valence-electron chi connectivity index (χ2n) is 4.93. The average Bonchev–Trinajstić information content (AvgIpc) is 3.26. The molecule has 114 valence electrons. The Morgan fingerprint density at radius 1 is 1.32 bits per heavy atom. The highest BCUT2D eigenvalue weighted by Crippen LogP contribution is 2.32. The molecule has 3 rings (SSSR count). The lowest BCUT2D eigenvalue weighted by molar-refractivity contribution is -0.121. The smallest absolute Gasteiger partial charge is 0.224 e. The Kier molecular flexibility index (Phi) is 4.42. The number of aliphatic hydroxyl groups is 1. The molecule has 0 aromatic carbocycles. The Morgan fingerprint density at radius 3 is 2.86 bits per heavy atom. The second kappa shape index (κ2) is 6.48. The lowest BCUT2D eigenvalue weighted by atomic mass is 9.94. The van der Waals surface area contributed by atoms with E-state index in [1.54, 1.807) is 17.4 Å². The SMILES string of the molecule is O=C(Cc1ccsc1)NC[C@](O)(c1ccoc1)c1cccs1. The van der Waals surface area contributed by atoms with Crippen molar-refractivity contribution < 1.29 is 14.3 Å². The molecule has 3 aromatic rings. The number of carbonyl (C=O) groups is 1. The number of hydrogen-bond donors (Lipinski definition) is 2. The molecular formula is C16H15NO3S2. The third kappa shape index (κ3) is 3.14. The summed E-state index contributed by atoms with van der Waals surface area (Å²) in [6.07, 6.45) is 3.33. The largest absolute Gasteiger partial charge is 0.472 e. The summed E-state index contributed by atoms with van der Waals surface area (Å²) in [5.41, 5.74) is 0.335. The maximum atomic E-state index is 12.1. The average molecular weight is 333 g/mol. The molecular weight excluding hydrogens is 318 g/mol. The van der Waals surface area contributed by atoms with Crippen molar-refractivity contribution in [3.8, 4) is 0 Å². The molecule has 0 fully saturated rings. The van der Waals surface area contributed by atoms with Crippen LogP contribution in [0.1, 0.15) is 16.0 Å². The van der Waals surface area contributed by atoms with Crippen LogP contribution in [0.4, 0.5) is 0 Å². The number of hydrogen-bond acceptors (Lipinski definition) is 5. The van der Waals surface area contributed by atoms with Crippen LogP contribution in [0.5, 0.6) is 0 Å². The zero-order valence-electron chi connectivity index (χ0n) is 11.7. The monoisotopic (exact) mass is 333 g/mol. The molecule has 1 atom stereocenters. The zero-order valence-corrected chi connectivity index (χ0v) is 13.3. The highest BCUT2D eigenvalue weighted by Gasteiger charge is 2.34. The summed E-state index contributed by atoms with van der Waals surface area (Å²) in [5, 5.41) is 19.6. The fraction of sp³-hybridized carbons (Fsp3) is 0.188. The van der Waals surface area contributed by atoms with E-state index in [9.17, 15) is 9.90 Å². The number of rotatable bonds is 6. The van der Waals surface area contributed by atoms with Gasteiger partial charge >= 0.3 is 0 Å². The maximum Gasteiger partial charge on any atom is 0.224 e. The minimum atomic E-state index is -1.27. The molecule has 0 aliphatic rings. The summed E-state index contributed by atoms with van der Waals surface area (Å²) in [7, 11) is 0. The van der Waals surface area contributed by atoms with E-state index < -0.39 is 5.60 Å². The van der Waals surface area contributed by atoms with Gasteiger partial charge in [0.05, 0.1) is 25.5 Å². The van der Waals surface area contributed by atoms with Crippen LogP contribution in [0.3, 0.4) is 0 Å². The standard InChI is InChI=1S/C16H15NO3S2/c18-15(8-12-4-7-21-10-12)17-11-16(19,13-3-5-20-9-13)14-2-1-6-22-14/h1-7,9-10,19H,8,11H2,(H,17,18)/t16-/m0/s1. The first kappa shape index (κ1) is 15.0. The minimum absolute atomic E-state index is 0.107. The van der Waals surface area contributed by atoms with E-state index in [0.29, 0.717) is 12.0 Å². The fourth-order valence-electron chi connectivity index (χ4n) is 2.21. The van der Waals surface area contributed by atoms with E-state index in [0.717, 1.165) is 10.4 Å². The molecule has 1 amide bonds. The molecule has 4 nitrogen and oxygen atoms in total. The number of carbonyl (C=O) groups excluding carboxylic acids is 1. The van der Waals surface area contributed by atoms with Crippen molar-refractivity contribution in [1.29, 1.82) is 0 Å². The van der Waals surface area contributed by atoms with Gasteiger partial charge in [-0.25, -0.2) is 0 Å². The molecule has 22 heavy (non-hydrogen) atoms. The van der Waals surface area contributed by atoms with Crippen molar-refractivity contribution in [2.75, 3.05) is 6.54 Å². The third-order valence-corrected chi connectivity index (χ3v) is 5.17. The van der Waals surface area contributed by atoms with Gasteiger partial charge in [-0.05, 0) is 39.9 Å². The molecule has 3 aromatic heterocycles. The van der Waals surface area contributed by atoms with Crippen molar-refractivity contribution in [2.24, 2.45) is 0 Å². The molecule has 6 heteroatoms. The number of thiophene rings is 2. The summed E-state index contributed by atoms with van der Waals surface area (Å²) in [5.74, 6) is -0.114. The summed E-state index contributed by atoms with van der Waals surface area (Å²) in [6.45, 7) is 0.107. The zero-order chi connectivity index (χ0) is 15.4. The van der Waals surface area contributed by atoms with Gasteiger partial charge in [0.1, 0.15) is 5.60 Å². The van der Waals surface area contributed by atoms with Gasteiger partial charge in [0, 0.05) is 10.4 Å². The third-order valence-electron chi connectivity index (χ3n) is 3.41. The Morgan fingerprint density at radius 2 is 2.23 bits per heavy atom. The van der Waals surface area contributed by atoms with Gasteiger partial charge in [-0.1, -0.05) is 6.07 Å². The first-order valence-corrected chi connectivity index (χ1v) is 8.57. The van der Waals surface area contributed by atoms with Crippen molar-refractivity contribution in [3.63, 3.8) is 0 Å². The Bertz CT molecular complexity index is 669. The minimum Gasteiger partial charge on any atom is -0.472 e. The molecule has 0 aliphatic carbocycles. The first-order chi connectivity index (χ1) is 10.7. The van der Waals surface area contributed by atoms with Crippen molar-refractivity contribution in [2.45, 2.75) is 12.0 Å². The molecule has 0 radical (unpaired) electrons. The van der Waals surface area contributed by atoms with Crippen LogP contribution in [-0.4, -0.2) is 17.6 Å². The van der Waals surface area contributed by atoms with E-state index >= 15 is 0 Å². The number of furan rings is 1. The molecule has 0 spiro atoms. The van der Waals surface area contributed by atoms with Crippen molar-refractivity contribution in [3.05, 3.63) is 68.9 Å². The molecule has 0 unspecified atom stereocenters. The van der Waals surface area contributed by atoms with Crippen LogP contribution < -0.4 is 5.32 Å². The van der Waals surface area contributed by atoms with Gasteiger partial charge in [0.2, 0.25) is 5.91 Å². The van der Waals surface area contributed by atoms with Gasteiger partial charge in [-0.3, -0.25) is 4.79 Å². The number of nitrogens with one attached hydrogen (secondary N) is 1. The lowest BCUT2D eigenvalue weighted by Gasteiger charge is -2.26. The topological polar surface area (TPSA) is 62.5 Å². The van der Waals surface area contributed by atoms with E-state index in [2.05, 4.69) is 5.32 Å². The molecule has 0 bridgehead atoms. The fourth-order valence-corrected chi connectivity index (χ4v) is 3.73. The highest BCUT2D eigenvalue weighted by molar-refractivity contribution is 7.10. The quantitative estimate of drug-likeness (QED) is 0.729. The Labute approximate surface area is 136 Å². The summed E-state index contributed by atoms with van der Waals surface area (Å²) in [4.78, 5) is 12.8. The molecule has 3 heterocycles. The van der Waals surface area contributed by atoms with Gasteiger partial charge in [-0.15, -0.1) is 11.3 Å². The van der Waals surface area contributed by atoms with Crippen LogP contribution in [0.25, 0.3) is 0 Å². The van der Waals surface area contributed by atoms with E-state index in [-0.39, 0.29) is 12.5 Å². The van der Waals surface area contributed by atoms with Crippen LogP contribution in [0, 0.1) is 0 Å². The van der Waals surface area contributed by atoms with Gasteiger partial charge in [0.25, 0.3) is 0 Å². The number of amides is 1. The van der Waals surface area contributed by atoms with Crippen molar-refractivity contribution in [1.82, 2.24) is 5.32 Å². The normalized spacial score (nSPS) is 13.7. The molecule has 0 saturated heterocycles. The van der Waals surface area contributed by atoms with E-state index in [4.69, 9.17) is 4.42 Å². The summed E-state index contributed by atoms with van der Waals surface area (Å²) in [6, 6.07) is 7.36. The summed E-state index contributed by atoms with van der Waals surface area (Å²) < 4.78 is 5.08. The van der Waals surface area contributed by atoms with Gasteiger partial charge in [-0.2, -0.15) is 11.3 Å². The van der Waals surface area contributed by atoms with Gasteiger partial charge in [0.15, 0.2) is 0 Å².